The first-order valence-corrected chi connectivity index (χ1v) is 7.01. The maximum absolute atomic E-state index is 13.6. The lowest BCUT2D eigenvalue weighted by Crippen LogP contribution is -2.21. The molecular weight excluding hydrogens is 272 g/mol. The number of hydrogen-bond acceptors (Lipinski definition) is 2. The Morgan fingerprint density at radius 1 is 1.05 bits per heavy atom. The molecule has 0 heterocycles. The van der Waals surface area contributed by atoms with E-state index in [0.717, 1.165) is 12.0 Å². The molecule has 0 radical (unpaired) electrons. The second kappa shape index (κ2) is 7.18. The van der Waals surface area contributed by atoms with E-state index in [4.69, 9.17) is 10.5 Å². The Morgan fingerprint density at radius 2 is 1.71 bits per heavy atom. The van der Waals surface area contributed by atoms with Gasteiger partial charge in [-0.1, -0.05) is 31.2 Å². The van der Waals surface area contributed by atoms with E-state index in [1.165, 1.54) is 18.2 Å². The van der Waals surface area contributed by atoms with Crippen LogP contribution in [-0.4, -0.2) is 6.04 Å². The van der Waals surface area contributed by atoms with E-state index in [9.17, 15) is 8.78 Å². The van der Waals surface area contributed by atoms with E-state index in [-0.39, 0.29) is 18.2 Å². The fourth-order valence-electron chi connectivity index (χ4n) is 2.06. The molecule has 2 aromatic rings. The minimum absolute atomic E-state index is 0.0416. The number of hydrogen-bond donors (Lipinski definition) is 1. The quantitative estimate of drug-likeness (QED) is 0.878. The Balaban J connectivity index is 2.13. The molecule has 0 saturated carbocycles. The normalized spacial score (nSPS) is 12.2. The molecule has 112 valence electrons. The monoisotopic (exact) mass is 291 g/mol. The van der Waals surface area contributed by atoms with Gasteiger partial charge in [0.05, 0.1) is 5.56 Å². The summed E-state index contributed by atoms with van der Waals surface area (Å²) in [5.74, 6) is -0.584. The van der Waals surface area contributed by atoms with Crippen LogP contribution in [0.25, 0.3) is 0 Å². The topological polar surface area (TPSA) is 35.2 Å². The minimum Gasteiger partial charge on any atom is -0.488 e. The van der Waals surface area contributed by atoms with Crippen molar-refractivity contribution in [2.45, 2.75) is 32.4 Å². The lowest BCUT2D eigenvalue weighted by Gasteiger charge is -2.14. The summed E-state index contributed by atoms with van der Waals surface area (Å²) in [7, 11) is 0. The van der Waals surface area contributed by atoms with Crippen molar-refractivity contribution in [3.8, 4) is 5.75 Å². The van der Waals surface area contributed by atoms with Crippen molar-refractivity contribution in [1.82, 2.24) is 0 Å². The van der Waals surface area contributed by atoms with Crippen LogP contribution in [0.1, 0.15) is 24.5 Å². The van der Waals surface area contributed by atoms with Gasteiger partial charge in [0, 0.05) is 6.04 Å². The highest BCUT2D eigenvalue weighted by Crippen LogP contribution is 2.22. The molecule has 2 nitrogen and oxygen atoms in total. The van der Waals surface area contributed by atoms with Gasteiger partial charge in [-0.2, -0.15) is 0 Å². The third-order valence-corrected chi connectivity index (χ3v) is 3.41. The average molecular weight is 291 g/mol. The van der Waals surface area contributed by atoms with Crippen LogP contribution in [0.5, 0.6) is 5.75 Å². The zero-order valence-electron chi connectivity index (χ0n) is 12.0. The summed E-state index contributed by atoms with van der Waals surface area (Å²) < 4.78 is 32.8. The number of halogens is 2. The third-order valence-electron chi connectivity index (χ3n) is 3.41. The summed E-state index contributed by atoms with van der Waals surface area (Å²) in [4.78, 5) is 0. The molecule has 21 heavy (non-hydrogen) atoms. The highest BCUT2D eigenvalue weighted by molar-refractivity contribution is 5.34. The summed E-state index contributed by atoms with van der Waals surface area (Å²) in [6, 6.07) is 11.3. The van der Waals surface area contributed by atoms with Crippen LogP contribution in [0.15, 0.2) is 42.5 Å². The van der Waals surface area contributed by atoms with Crippen LogP contribution >= 0.6 is 0 Å². The van der Waals surface area contributed by atoms with Gasteiger partial charge in [-0.25, -0.2) is 8.78 Å². The fraction of sp³-hybridized carbons (Fsp3) is 0.294. The van der Waals surface area contributed by atoms with Crippen LogP contribution in [0.4, 0.5) is 8.78 Å². The van der Waals surface area contributed by atoms with E-state index < -0.39 is 11.6 Å². The second-order valence-electron chi connectivity index (χ2n) is 4.97. The lowest BCUT2D eigenvalue weighted by molar-refractivity contribution is 0.289. The van der Waals surface area contributed by atoms with Crippen LogP contribution in [0, 0.1) is 11.6 Å². The highest BCUT2D eigenvalue weighted by atomic mass is 19.1. The van der Waals surface area contributed by atoms with E-state index in [1.807, 2.05) is 25.1 Å². The van der Waals surface area contributed by atoms with E-state index >= 15 is 0 Å². The largest absolute Gasteiger partial charge is 0.488 e. The molecule has 0 fully saturated rings. The van der Waals surface area contributed by atoms with Gasteiger partial charge >= 0.3 is 0 Å². The number of para-hydroxylation sites is 1. The van der Waals surface area contributed by atoms with Crippen molar-refractivity contribution in [3.63, 3.8) is 0 Å². The molecule has 0 bridgehead atoms. The molecule has 2 aromatic carbocycles. The molecule has 0 aliphatic heterocycles. The second-order valence-corrected chi connectivity index (χ2v) is 4.97. The van der Waals surface area contributed by atoms with Crippen molar-refractivity contribution in [3.05, 3.63) is 65.2 Å². The number of benzene rings is 2. The summed E-state index contributed by atoms with van der Waals surface area (Å²) in [5, 5.41) is 0. The average Bonchev–Trinajstić information content (AvgIpc) is 2.48. The molecule has 1 atom stereocenters. The Kier molecular flexibility index (Phi) is 5.28. The van der Waals surface area contributed by atoms with E-state index in [2.05, 4.69) is 0 Å². The minimum atomic E-state index is -0.599. The van der Waals surface area contributed by atoms with Crippen LogP contribution in [-0.2, 0) is 13.0 Å². The predicted molar refractivity (Wildman–Crippen MR) is 79.1 cm³/mol. The Bertz CT molecular complexity index is 581. The first-order valence-electron chi connectivity index (χ1n) is 7.01. The Hall–Kier alpha value is -1.94. The van der Waals surface area contributed by atoms with Crippen molar-refractivity contribution in [2.75, 3.05) is 0 Å². The van der Waals surface area contributed by atoms with Gasteiger partial charge in [0.1, 0.15) is 24.0 Å². The summed E-state index contributed by atoms with van der Waals surface area (Å²) in [6.07, 6.45) is 1.53. The van der Waals surface area contributed by atoms with Gasteiger partial charge in [-0.15, -0.1) is 0 Å². The maximum Gasteiger partial charge on any atom is 0.132 e. The molecule has 2 rings (SSSR count). The lowest BCUT2D eigenvalue weighted by atomic mass is 10.0. The molecule has 4 heteroatoms. The van der Waals surface area contributed by atoms with Crippen molar-refractivity contribution in [2.24, 2.45) is 5.73 Å². The molecule has 2 N–H and O–H groups in total. The van der Waals surface area contributed by atoms with E-state index in [1.54, 1.807) is 6.07 Å². The fourth-order valence-corrected chi connectivity index (χ4v) is 2.06. The highest BCUT2D eigenvalue weighted by Gasteiger charge is 2.11. The molecule has 0 amide bonds. The van der Waals surface area contributed by atoms with Gasteiger partial charge in [-0.3, -0.25) is 0 Å². The molecular formula is C17H19F2NO. The molecule has 0 aliphatic rings. The smallest absolute Gasteiger partial charge is 0.132 e. The third kappa shape index (κ3) is 4.02. The number of rotatable bonds is 6. The first-order chi connectivity index (χ1) is 10.1. The summed E-state index contributed by atoms with van der Waals surface area (Å²) in [5.41, 5.74) is 6.84. The molecule has 0 spiro atoms. The van der Waals surface area contributed by atoms with Gasteiger partial charge in [0.2, 0.25) is 0 Å². The molecule has 1 unspecified atom stereocenters. The zero-order valence-corrected chi connectivity index (χ0v) is 12.0. The van der Waals surface area contributed by atoms with Gasteiger partial charge in [0.15, 0.2) is 0 Å². The van der Waals surface area contributed by atoms with Crippen molar-refractivity contribution in [1.29, 1.82) is 0 Å². The predicted octanol–water partition coefficient (Wildman–Crippen LogP) is 3.82. The molecule has 0 saturated heterocycles. The van der Waals surface area contributed by atoms with Crippen LogP contribution in [0.2, 0.25) is 0 Å². The first kappa shape index (κ1) is 15.4. The van der Waals surface area contributed by atoms with E-state index in [0.29, 0.717) is 12.2 Å². The summed E-state index contributed by atoms with van der Waals surface area (Å²) >= 11 is 0. The molecule has 0 aromatic heterocycles. The van der Waals surface area contributed by atoms with Gasteiger partial charge in [0.25, 0.3) is 0 Å². The molecule has 0 aliphatic carbocycles. The van der Waals surface area contributed by atoms with Gasteiger partial charge < -0.3 is 10.5 Å². The van der Waals surface area contributed by atoms with Crippen molar-refractivity contribution >= 4 is 0 Å². The maximum atomic E-state index is 13.6. The van der Waals surface area contributed by atoms with Crippen LogP contribution in [0.3, 0.4) is 0 Å². The standard InChI is InChI=1S/C17H19F2NO/c1-2-13(20)10-12-6-3-4-9-17(12)21-11-14-15(18)7-5-8-16(14)19/h3-9,13H,2,10-11,20H2,1H3. The Morgan fingerprint density at radius 3 is 2.38 bits per heavy atom. The van der Waals surface area contributed by atoms with Crippen molar-refractivity contribution < 1.29 is 13.5 Å². The summed E-state index contributed by atoms with van der Waals surface area (Å²) in [6.45, 7) is 1.87. The van der Waals surface area contributed by atoms with Gasteiger partial charge in [-0.05, 0) is 36.6 Å². The Labute approximate surface area is 123 Å². The number of ether oxygens (including phenoxy) is 1. The SMILES string of the molecule is CCC(N)Cc1ccccc1OCc1c(F)cccc1F. The van der Waals surface area contributed by atoms with Crippen LogP contribution < -0.4 is 10.5 Å². The number of nitrogens with two attached hydrogens (primary N) is 1. The zero-order chi connectivity index (χ0) is 15.2.